The van der Waals surface area contributed by atoms with Crippen LogP contribution in [0.15, 0.2) is 36.9 Å². The van der Waals surface area contributed by atoms with E-state index in [-0.39, 0.29) is 6.54 Å². The number of fused-ring (bicyclic) bond motifs is 1. The molecule has 7 nitrogen and oxygen atoms in total. The third-order valence-corrected chi connectivity index (χ3v) is 4.53. The van der Waals surface area contributed by atoms with E-state index in [0.717, 1.165) is 11.1 Å². The van der Waals surface area contributed by atoms with Gasteiger partial charge in [-0.2, -0.15) is 0 Å². The van der Waals surface area contributed by atoms with Crippen LogP contribution in [0.2, 0.25) is 10.0 Å². The minimum Gasteiger partial charge on any atom is -0.465 e. The van der Waals surface area contributed by atoms with Crippen molar-refractivity contribution in [1.29, 1.82) is 0 Å². The van der Waals surface area contributed by atoms with E-state index in [4.69, 9.17) is 28.3 Å². The van der Waals surface area contributed by atoms with Crippen LogP contribution >= 0.6 is 23.2 Å². The Bertz CT molecular complexity index is 915. The van der Waals surface area contributed by atoms with Crippen molar-refractivity contribution in [2.45, 2.75) is 0 Å². The van der Waals surface area contributed by atoms with E-state index in [1.807, 2.05) is 34.8 Å². The molecule has 1 aromatic carbocycles. The Labute approximate surface area is 153 Å². The molecule has 3 rings (SSSR count). The monoisotopic (exact) mass is 379 g/mol. The van der Waals surface area contributed by atoms with Gasteiger partial charge >= 0.3 is 6.09 Å². The van der Waals surface area contributed by atoms with Crippen molar-refractivity contribution in [3.63, 3.8) is 0 Å². The van der Waals surface area contributed by atoms with Crippen LogP contribution < -0.4 is 10.2 Å². The number of halogens is 2. The van der Waals surface area contributed by atoms with Crippen LogP contribution in [0.25, 0.3) is 16.6 Å². The van der Waals surface area contributed by atoms with Gasteiger partial charge < -0.3 is 19.9 Å². The molecule has 9 heteroatoms. The fraction of sp³-hybridized carbons (Fsp3) is 0.188. The van der Waals surface area contributed by atoms with Gasteiger partial charge in [0.2, 0.25) is 0 Å². The molecule has 25 heavy (non-hydrogen) atoms. The molecule has 0 aliphatic heterocycles. The Morgan fingerprint density at radius 1 is 1.40 bits per heavy atom. The number of carboxylic acid groups (broad SMARTS) is 1. The average molecular weight is 380 g/mol. The number of anilines is 1. The molecular weight excluding hydrogens is 365 g/mol. The molecule has 130 valence electrons. The molecule has 3 aromatic rings. The highest BCUT2D eigenvalue weighted by Gasteiger charge is 2.14. The fourth-order valence-corrected chi connectivity index (χ4v) is 2.82. The van der Waals surface area contributed by atoms with E-state index in [0.29, 0.717) is 27.9 Å². The molecule has 2 N–H and O–H groups in total. The number of amides is 1. The van der Waals surface area contributed by atoms with Gasteiger partial charge in [0.1, 0.15) is 5.82 Å². The summed E-state index contributed by atoms with van der Waals surface area (Å²) in [5.41, 5.74) is 1.43. The molecule has 2 heterocycles. The maximum Gasteiger partial charge on any atom is 0.404 e. The van der Waals surface area contributed by atoms with Gasteiger partial charge in [0.05, 0.1) is 27.6 Å². The van der Waals surface area contributed by atoms with Gasteiger partial charge in [-0.25, -0.2) is 14.8 Å². The number of pyridine rings is 1. The van der Waals surface area contributed by atoms with E-state index in [2.05, 4.69) is 15.3 Å². The summed E-state index contributed by atoms with van der Waals surface area (Å²) in [5, 5.41) is 12.7. The van der Waals surface area contributed by atoms with E-state index >= 15 is 0 Å². The maximum atomic E-state index is 10.6. The van der Waals surface area contributed by atoms with E-state index in [9.17, 15) is 4.79 Å². The first-order valence-electron chi connectivity index (χ1n) is 7.42. The summed E-state index contributed by atoms with van der Waals surface area (Å²) in [5.74, 6) is 0.646. The van der Waals surface area contributed by atoms with Crippen LogP contribution in [0.3, 0.4) is 0 Å². The Morgan fingerprint density at radius 3 is 2.88 bits per heavy atom. The van der Waals surface area contributed by atoms with Crippen LogP contribution in [-0.2, 0) is 0 Å². The first kappa shape index (κ1) is 17.3. The summed E-state index contributed by atoms with van der Waals surface area (Å²) < 4.78 is 1.86. The second-order valence-corrected chi connectivity index (χ2v) is 6.17. The number of imidazole rings is 1. The topological polar surface area (TPSA) is 83.3 Å². The summed E-state index contributed by atoms with van der Waals surface area (Å²) in [7, 11) is 1.83. The molecule has 0 unspecified atom stereocenters. The number of rotatable bonds is 5. The largest absolute Gasteiger partial charge is 0.465 e. The zero-order valence-electron chi connectivity index (χ0n) is 13.3. The third kappa shape index (κ3) is 3.62. The molecule has 0 saturated heterocycles. The highest BCUT2D eigenvalue weighted by molar-refractivity contribution is 6.45. The number of hydrogen-bond donors (Lipinski definition) is 2. The van der Waals surface area contributed by atoms with Gasteiger partial charge in [0.15, 0.2) is 0 Å². The van der Waals surface area contributed by atoms with Crippen LogP contribution in [0.5, 0.6) is 0 Å². The first-order valence-corrected chi connectivity index (χ1v) is 8.18. The number of nitrogens with one attached hydrogen (secondary N) is 1. The standard InChI is InChI=1S/C16H15Cl2N5O2/c1-22(6-5-20-16(24)25)13-8-12(23-7-4-19-9-23)10-2-3-11(17)14(18)15(10)21-13/h2-4,7-9,20H,5-6H2,1H3,(H,24,25). The van der Waals surface area contributed by atoms with Gasteiger partial charge in [0.25, 0.3) is 0 Å². The normalized spacial score (nSPS) is 10.8. The minimum absolute atomic E-state index is 0.273. The van der Waals surface area contributed by atoms with Crippen molar-refractivity contribution in [3.05, 3.63) is 47.0 Å². The number of likely N-dealkylation sites (N-methyl/N-ethyl adjacent to an activating group) is 1. The molecular formula is C16H15Cl2N5O2. The lowest BCUT2D eigenvalue weighted by Crippen LogP contribution is -2.32. The maximum absolute atomic E-state index is 10.6. The van der Waals surface area contributed by atoms with Crippen molar-refractivity contribution in [2.75, 3.05) is 25.0 Å². The van der Waals surface area contributed by atoms with Crippen LogP contribution in [0.4, 0.5) is 10.6 Å². The number of nitrogens with zero attached hydrogens (tertiary/aromatic N) is 4. The van der Waals surface area contributed by atoms with E-state index in [1.165, 1.54) is 0 Å². The zero-order chi connectivity index (χ0) is 18.0. The van der Waals surface area contributed by atoms with Crippen molar-refractivity contribution >= 4 is 46.0 Å². The molecule has 0 aliphatic rings. The highest BCUT2D eigenvalue weighted by atomic mass is 35.5. The lowest BCUT2D eigenvalue weighted by molar-refractivity contribution is 0.195. The quantitative estimate of drug-likeness (QED) is 0.709. The van der Waals surface area contributed by atoms with Gasteiger partial charge in [-0.1, -0.05) is 23.2 Å². The van der Waals surface area contributed by atoms with Crippen LogP contribution in [-0.4, -0.2) is 45.9 Å². The Hall–Kier alpha value is -2.51. The first-order chi connectivity index (χ1) is 12.0. The number of aromatic nitrogens is 3. The highest BCUT2D eigenvalue weighted by Crippen LogP contribution is 2.34. The summed E-state index contributed by atoms with van der Waals surface area (Å²) in [4.78, 5) is 21.1. The SMILES string of the molecule is CN(CCNC(=O)O)c1cc(-n2ccnc2)c2ccc(Cl)c(Cl)c2n1. The summed E-state index contributed by atoms with van der Waals surface area (Å²) in [6.45, 7) is 0.724. The summed E-state index contributed by atoms with van der Waals surface area (Å²) in [6.07, 6.45) is 4.14. The lowest BCUT2D eigenvalue weighted by Gasteiger charge is -2.20. The van der Waals surface area contributed by atoms with Crippen molar-refractivity contribution in [2.24, 2.45) is 0 Å². The Balaban J connectivity index is 2.07. The van der Waals surface area contributed by atoms with Gasteiger partial charge in [-0.15, -0.1) is 0 Å². The number of hydrogen-bond acceptors (Lipinski definition) is 4. The molecule has 0 radical (unpaired) electrons. The average Bonchev–Trinajstić information content (AvgIpc) is 3.11. The predicted molar refractivity (Wildman–Crippen MR) is 98.2 cm³/mol. The van der Waals surface area contributed by atoms with Crippen molar-refractivity contribution in [3.8, 4) is 5.69 Å². The second-order valence-electron chi connectivity index (χ2n) is 5.38. The van der Waals surface area contributed by atoms with E-state index in [1.54, 1.807) is 18.6 Å². The number of carbonyl (C=O) groups is 1. The number of benzene rings is 1. The van der Waals surface area contributed by atoms with Gasteiger partial charge in [-0.05, 0) is 12.1 Å². The summed E-state index contributed by atoms with van der Waals surface area (Å²) in [6, 6.07) is 5.49. The Kier molecular flexibility index (Phi) is 4.96. The molecule has 0 atom stereocenters. The smallest absolute Gasteiger partial charge is 0.404 e. The molecule has 1 amide bonds. The second kappa shape index (κ2) is 7.16. The summed E-state index contributed by atoms with van der Waals surface area (Å²) >= 11 is 12.5. The molecule has 0 aliphatic carbocycles. The van der Waals surface area contributed by atoms with Crippen LogP contribution in [0.1, 0.15) is 0 Å². The minimum atomic E-state index is -1.06. The zero-order valence-corrected chi connectivity index (χ0v) is 14.8. The lowest BCUT2D eigenvalue weighted by atomic mass is 10.1. The molecule has 0 saturated carbocycles. The molecule has 0 spiro atoms. The van der Waals surface area contributed by atoms with E-state index < -0.39 is 6.09 Å². The molecule has 0 bridgehead atoms. The predicted octanol–water partition coefficient (Wildman–Crippen LogP) is 3.43. The molecule has 0 fully saturated rings. The van der Waals surface area contributed by atoms with Crippen molar-refractivity contribution in [1.82, 2.24) is 19.9 Å². The Morgan fingerprint density at radius 2 is 2.20 bits per heavy atom. The molecule has 2 aromatic heterocycles. The van der Waals surface area contributed by atoms with Gasteiger partial charge in [0, 0.05) is 44.0 Å². The van der Waals surface area contributed by atoms with Crippen LogP contribution in [0, 0.1) is 0 Å². The fourth-order valence-electron chi connectivity index (χ4n) is 2.46. The third-order valence-electron chi connectivity index (χ3n) is 3.73. The van der Waals surface area contributed by atoms with Gasteiger partial charge in [-0.3, -0.25) is 0 Å². The van der Waals surface area contributed by atoms with Crippen molar-refractivity contribution < 1.29 is 9.90 Å².